The van der Waals surface area contributed by atoms with E-state index < -0.39 is 41.5 Å². The number of fused-ring (bicyclic) bond motifs is 2. The minimum Gasteiger partial charge on any atom is -0.477 e. The van der Waals surface area contributed by atoms with Crippen LogP contribution < -0.4 is 0 Å². The van der Waals surface area contributed by atoms with E-state index in [1.807, 2.05) is 44.5 Å². The molecule has 4 heterocycles. The highest BCUT2D eigenvalue weighted by molar-refractivity contribution is 7.98. The number of ether oxygens (including phenoxy) is 2. The first kappa shape index (κ1) is 27.5. The molecule has 1 saturated heterocycles. The molecule has 1 unspecified atom stereocenters. The lowest BCUT2D eigenvalue weighted by molar-refractivity contribution is -0.167. The maximum absolute atomic E-state index is 13.0. The number of carboxylic acid groups (broad SMARTS) is 1. The highest BCUT2D eigenvalue weighted by Crippen LogP contribution is 2.60. The van der Waals surface area contributed by atoms with Crippen molar-refractivity contribution in [2.75, 3.05) is 12.9 Å². The second kappa shape index (κ2) is 9.63. The van der Waals surface area contributed by atoms with Crippen molar-refractivity contribution in [1.82, 2.24) is 14.3 Å². The van der Waals surface area contributed by atoms with E-state index >= 15 is 0 Å². The van der Waals surface area contributed by atoms with Gasteiger partial charge in [0.15, 0.2) is 0 Å². The standard InChI is InChI=1S/C25H33N3O7S2/c1-12(29)15-18-25(6,8-9-34-23(33)35-13(2)24(3,4)5)16(17(22(31)32)28(18)20(15)30)14-10-27-11-26-19(36-7)21(27)37-14/h10-13,15,18,29H,8-9H2,1-7H3,(H,31,32)/t12-,13?,15-,18-,25+/m1/s1. The number of rotatable bonds is 8. The molecule has 2 aromatic rings. The van der Waals surface area contributed by atoms with Gasteiger partial charge >= 0.3 is 12.1 Å². The maximum Gasteiger partial charge on any atom is 0.508 e. The Labute approximate surface area is 223 Å². The average molecular weight is 552 g/mol. The summed E-state index contributed by atoms with van der Waals surface area (Å²) in [4.78, 5) is 45.1. The molecule has 4 rings (SSSR count). The Kier molecular flexibility index (Phi) is 7.15. The Balaban J connectivity index is 1.70. The van der Waals surface area contributed by atoms with Crippen molar-refractivity contribution in [3.8, 4) is 0 Å². The van der Waals surface area contributed by atoms with Crippen LogP contribution >= 0.6 is 23.1 Å². The Morgan fingerprint density at radius 2 is 2.00 bits per heavy atom. The Bertz CT molecular complexity index is 1270. The number of amides is 1. The molecule has 0 spiro atoms. The summed E-state index contributed by atoms with van der Waals surface area (Å²) in [5.74, 6) is -2.41. The molecular formula is C25H33N3O7S2. The van der Waals surface area contributed by atoms with Crippen LogP contribution in [0.15, 0.2) is 23.2 Å². The molecule has 2 aliphatic heterocycles. The number of β-lactam (4-membered cyclic amide) rings is 1. The minimum atomic E-state index is -1.22. The number of hydrogen-bond acceptors (Lipinski definition) is 9. The summed E-state index contributed by atoms with van der Waals surface area (Å²) in [5.41, 5.74) is -0.772. The molecule has 202 valence electrons. The van der Waals surface area contributed by atoms with Crippen LogP contribution in [0, 0.1) is 16.7 Å². The van der Waals surface area contributed by atoms with Gasteiger partial charge in [0.25, 0.3) is 0 Å². The van der Waals surface area contributed by atoms with Crippen LogP contribution in [0.5, 0.6) is 0 Å². The number of aliphatic carboxylic acids is 1. The Morgan fingerprint density at radius 1 is 1.32 bits per heavy atom. The summed E-state index contributed by atoms with van der Waals surface area (Å²) in [6.45, 7) is 11.0. The second-order valence-corrected chi connectivity index (χ2v) is 12.7. The summed E-state index contributed by atoms with van der Waals surface area (Å²) in [6, 6.07) is -0.589. The second-order valence-electron chi connectivity index (χ2n) is 10.9. The molecule has 0 radical (unpaired) electrons. The quantitative estimate of drug-likeness (QED) is 0.283. The van der Waals surface area contributed by atoms with Crippen LogP contribution in [0.4, 0.5) is 4.79 Å². The van der Waals surface area contributed by atoms with Gasteiger partial charge in [-0.2, -0.15) is 0 Å². The van der Waals surface area contributed by atoms with Crippen LogP contribution in [-0.4, -0.2) is 73.6 Å². The van der Waals surface area contributed by atoms with Gasteiger partial charge in [-0.25, -0.2) is 14.6 Å². The third-order valence-electron chi connectivity index (χ3n) is 7.52. The SMILES string of the molecule is CSc1ncn2cc(C3=C(C(=O)O)N4C(=O)[C@H]([C@@H](C)O)[C@@H]4[C@@]3(C)CCOC(=O)OC(C)C(C)(C)C)sc12. The zero-order chi connectivity index (χ0) is 27.4. The molecular weight excluding hydrogens is 518 g/mol. The molecule has 0 saturated carbocycles. The maximum atomic E-state index is 13.0. The summed E-state index contributed by atoms with van der Waals surface area (Å²) < 4.78 is 12.6. The fourth-order valence-corrected chi connectivity index (χ4v) is 7.03. The van der Waals surface area contributed by atoms with E-state index in [-0.39, 0.29) is 30.2 Å². The third-order valence-corrected chi connectivity index (χ3v) is 9.46. The summed E-state index contributed by atoms with van der Waals surface area (Å²) in [5, 5.41) is 21.4. The number of aliphatic hydroxyl groups is 1. The molecule has 0 aromatic carbocycles. The number of aliphatic hydroxyl groups excluding tert-OH is 1. The number of aromatic nitrogens is 2. The predicted octanol–water partition coefficient (Wildman–Crippen LogP) is 4.12. The average Bonchev–Trinajstić information content (AvgIpc) is 3.41. The number of nitrogens with zero attached hydrogens (tertiary/aromatic N) is 3. The largest absolute Gasteiger partial charge is 0.508 e. The van der Waals surface area contributed by atoms with E-state index in [0.717, 1.165) is 9.86 Å². The number of thiazole rings is 1. The first-order valence-electron chi connectivity index (χ1n) is 12.1. The van der Waals surface area contributed by atoms with Gasteiger partial charge in [0.05, 0.1) is 29.5 Å². The monoisotopic (exact) mass is 551 g/mol. The fourth-order valence-electron chi connectivity index (χ4n) is 5.07. The van der Waals surface area contributed by atoms with Crippen molar-refractivity contribution in [2.24, 2.45) is 16.7 Å². The van der Waals surface area contributed by atoms with Gasteiger partial charge in [0.1, 0.15) is 28.0 Å². The number of carbonyl (C=O) groups excluding carboxylic acids is 2. The zero-order valence-electron chi connectivity index (χ0n) is 22.0. The van der Waals surface area contributed by atoms with Gasteiger partial charge in [-0.15, -0.1) is 23.1 Å². The van der Waals surface area contributed by atoms with Crippen molar-refractivity contribution in [3.63, 3.8) is 0 Å². The molecule has 2 aliphatic rings. The summed E-state index contributed by atoms with van der Waals surface area (Å²) >= 11 is 2.88. The number of carboxylic acids is 1. The van der Waals surface area contributed by atoms with Gasteiger partial charge in [-0.05, 0) is 31.9 Å². The highest BCUT2D eigenvalue weighted by atomic mass is 32.2. The summed E-state index contributed by atoms with van der Waals surface area (Å²) in [6.07, 6.45) is 3.49. The molecule has 1 fully saturated rings. The van der Waals surface area contributed by atoms with Crippen LogP contribution in [0.1, 0.15) is 52.8 Å². The Morgan fingerprint density at radius 3 is 2.57 bits per heavy atom. The van der Waals surface area contributed by atoms with Crippen molar-refractivity contribution in [1.29, 1.82) is 0 Å². The van der Waals surface area contributed by atoms with Gasteiger partial charge in [-0.1, -0.05) is 27.7 Å². The van der Waals surface area contributed by atoms with Gasteiger partial charge in [0.2, 0.25) is 5.91 Å². The molecule has 12 heteroatoms. The first-order valence-corrected chi connectivity index (χ1v) is 14.1. The van der Waals surface area contributed by atoms with Crippen molar-refractivity contribution >= 4 is 51.5 Å². The smallest absolute Gasteiger partial charge is 0.477 e. The van der Waals surface area contributed by atoms with E-state index in [0.29, 0.717) is 10.5 Å². The summed E-state index contributed by atoms with van der Waals surface area (Å²) in [7, 11) is 0. The van der Waals surface area contributed by atoms with E-state index in [2.05, 4.69) is 4.98 Å². The van der Waals surface area contributed by atoms with Crippen molar-refractivity contribution in [2.45, 2.75) is 71.2 Å². The molecule has 1 amide bonds. The molecule has 10 nitrogen and oxygen atoms in total. The van der Waals surface area contributed by atoms with Gasteiger partial charge in [0, 0.05) is 17.2 Å². The normalized spacial score (nSPS) is 25.2. The molecule has 5 atom stereocenters. The Hall–Kier alpha value is -2.57. The zero-order valence-corrected chi connectivity index (χ0v) is 23.6. The highest BCUT2D eigenvalue weighted by Gasteiger charge is 2.66. The van der Waals surface area contributed by atoms with Gasteiger partial charge in [-0.3, -0.25) is 9.20 Å². The fraction of sp³-hybridized carbons (Fsp3) is 0.600. The lowest BCUT2D eigenvalue weighted by atomic mass is 9.66. The van der Waals surface area contributed by atoms with E-state index in [4.69, 9.17) is 9.47 Å². The number of hydrogen-bond donors (Lipinski definition) is 2. The van der Waals surface area contributed by atoms with Crippen LogP contribution in [0.2, 0.25) is 0 Å². The van der Waals surface area contributed by atoms with Crippen molar-refractivity contribution < 1.29 is 34.1 Å². The van der Waals surface area contributed by atoms with E-state index in [1.54, 1.807) is 13.3 Å². The van der Waals surface area contributed by atoms with E-state index in [9.17, 15) is 24.6 Å². The molecule has 2 N–H and O–H groups in total. The van der Waals surface area contributed by atoms with E-state index in [1.165, 1.54) is 34.9 Å². The topological polar surface area (TPSA) is 131 Å². The molecule has 37 heavy (non-hydrogen) atoms. The molecule has 0 aliphatic carbocycles. The minimum absolute atomic E-state index is 0.0461. The lowest BCUT2D eigenvalue weighted by Crippen LogP contribution is -2.66. The van der Waals surface area contributed by atoms with Crippen LogP contribution in [-0.2, 0) is 19.1 Å². The third kappa shape index (κ3) is 4.52. The predicted molar refractivity (Wildman–Crippen MR) is 139 cm³/mol. The van der Waals surface area contributed by atoms with Crippen LogP contribution in [0.25, 0.3) is 10.4 Å². The number of carbonyl (C=O) groups is 3. The van der Waals surface area contributed by atoms with Crippen molar-refractivity contribution in [3.05, 3.63) is 23.1 Å². The molecule has 2 aromatic heterocycles. The lowest BCUT2D eigenvalue weighted by Gasteiger charge is -2.50. The number of thioether (sulfide) groups is 1. The molecule has 0 bridgehead atoms. The first-order chi connectivity index (χ1) is 17.2. The van der Waals surface area contributed by atoms with Gasteiger partial charge < -0.3 is 24.6 Å². The number of imidazole rings is 1. The van der Waals surface area contributed by atoms with Crippen LogP contribution in [0.3, 0.4) is 0 Å².